The maximum atomic E-state index is 8.84. The Morgan fingerprint density at radius 2 is 2.00 bits per heavy atom. The highest BCUT2D eigenvalue weighted by Gasteiger charge is 2.15. The van der Waals surface area contributed by atoms with Crippen molar-refractivity contribution in [2.75, 3.05) is 5.73 Å². The number of thiophene rings is 1. The number of nitrogen functional groups attached to an aromatic ring is 1. The van der Waals surface area contributed by atoms with Gasteiger partial charge in [0.25, 0.3) is 0 Å². The maximum Gasteiger partial charge on any atom is 0.221 e. The number of rotatable bonds is 2. The predicted octanol–water partition coefficient (Wildman–Crippen LogP) is 2.65. The SMILES string of the molecule is Cc1ccc(-c2nc(N)nc3sc(C(N)=NO)cc23)c(C)c1. The lowest BCUT2D eigenvalue weighted by atomic mass is 10.0. The minimum absolute atomic E-state index is 0.0492. The van der Waals surface area contributed by atoms with E-state index in [1.54, 1.807) is 0 Å². The molecular formula is C15H15N5OS. The zero-order valence-corrected chi connectivity index (χ0v) is 13.0. The number of aromatic nitrogens is 2. The third-order valence-corrected chi connectivity index (χ3v) is 4.46. The average molecular weight is 313 g/mol. The van der Waals surface area contributed by atoms with E-state index >= 15 is 0 Å². The Balaban J connectivity index is 2.30. The van der Waals surface area contributed by atoms with Crippen molar-refractivity contribution >= 4 is 33.3 Å². The Hall–Kier alpha value is -2.67. The van der Waals surface area contributed by atoms with E-state index in [0.717, 1.165) is 22.2 Å². The van der Waals surface area contributed by atoms with E-state index in [2.05, 4.69) is 21.2 Å². The van der Waals surface area contributed by atoms with Gasteiger partial charge in [-0.25, -0.2) is 9.97 Å². The second-order valence-corrected chi connectivity index (χ2v) is 6.09. The van der Waals surface area contributed by atoms with Crippen molar-refractivity contribution in [2.24, 2.45) is 10.9 Å². The third kappa shape index (κ3) is 2.35. The van der Waals surface area contributed by atoms with E-state index in [1.165, 1.54) is 16.9 Å². The molecule has 0 atom stereocenters. The van der Waals surface area contributed by atoms with Crippen molar-refractivity contribution in [3.63, 3.8) is 0 Å². The van der Waals surface area contributed by atoms with E-state index in [-0.39, 0.29) is 11.8 Å². The van der Waals surface area contributed by atoms with Gasteiger partial charge in [0.1, 0.15) is 4.83 Å². The highest BCUT2D eigenvalue weighted by Crippen LogP contribution is 2.34. The molecule has 2 heterocycles. The molecule has 3 rings (SSSR count). The van der Waals surface area contributed by atoms with Gasteiger partial charge >= 0.3 is 0 Å². The van der Waals surface area contributed by atoms with Gasteiger partial charge in [0, 0.05) is 10.9 Å². The quantitative estimate of drug-likeness (QED) is 0.291. The molecule has 0 amide bonds. The van der Waals surface area contributed by atoms with Crippen molar-refractivity contribution < 1.29 is 5.21 Å². The number of benzene rings is 1. The van der Waals surface area contributed by atoms with Gasteiger partial charge in [-0.05, 0) is 25.5 Å². The number of hydrogen-bond acceptors (Lipinski definition) is 6. The smallest absolute Gasteiger partial charge is 0.221 e. The molecule has 0 aliphatic carbocycles. The number of oxime groups is 1. The summed E-state index contributed by atoms with van der Waals surface area (Å²) in [6, 6.07) is 7.97. The second-order valence-electron chi connectivity index (χ2n) is 5.06. The molecular weight excluding hydrogens is 298 g/mol. The zero-order chi connectivity index (χ0) is 15.9. The lowest BCUT2D eigenvalue weighted by molar-refractivity contribution is 0.319. The van der Waals surface area contributed by atoms with E-state index < -0.39 is 0 Å². The second kappa shape index (κ2) is 5.27. The Morgan fingerprint density at radius 1 is 1.23 bits per heavy atom. The Morgan fingerprint density at radius 3 is 2.68 bits per heavy atom. The summed E-state index contributed by atoms with van der Waals surface area (Å²) in [5.41, 5.74) is 15.5. The molecule has 1 aromatic carbocycles. The first-order chi connectivity index (χ1) is 10.5. The van der Waals surface area contributed by atoms with Crippen LogP contribution in [-0.4, -0.2) is 21.0 Å². The fourth-order valence-electron chi connectivity index (χ4n) is 2.40. The zero-order valence-electron chi connectivity index (χ0n) is 12.2. The molecule has 0 fully saturated rings. The monoisotopic (exact) mass is 313 g/mol. The highest BCUT2D eigenvalue weighted by atomic mass is 32.1. The molecule has 3 aromatic rings. The minimum Gasteiger partial charge on any atom is -0.409 e. The molecule has 5 N–H and O–H groups in total. The van der Waals surface area contributed by atoms with Gasteiger partial charge in [-0.3, -0.25) is 0 Å². The van der Waals surface area contributed by atoms with E-state index in [0.29, 0.717) is 9.71 Å². The van der Waals surface area contributed by atoms with E-state index in [4.69, 9.17) is 16.7 Å². The van der Waals surface area contributed by atoms with Gasteiger partial charge in [0.05, 0.1) is 10.6 Å². The fraction of sp³-hybridized carbons (Fsp3) is 0.133. The van der Waals surface area contributed by atoms with Gasteiger partial charge in [0.15, 0.2) is 5.84 Å². The van der Waals surface area contributed by atoms with E-state index in [1.807, 2.05) is 32.0 Å². The summed E-state index contributed by atoms with van der Waals surface area (Å²) in [6.45, 7) is 4.07. The molecule has 0 bridgehead atoms. The van der Waals surface area contributed by atoms with Crippen LogP contribution >= 0.6 is 11.3 Å². The number of nitrogens with two attached hydrogens (primary N) is 2. The molecule has 112 valence electrons. The molecule has 0 aliphatic heterocycles. The summed E-state index contributed by atoms with van der Waals surface area (Å²) in [4.78, 5) is 9.97. The fourth-order valence-corrected chi connectivity index (χ4v) is 3.33. The van der Waals surface area contributed by atoms with E-state index in [9.17, 15) is 0 Å². The van der Waals surface area contributed by atoms with Crippen LogP contribution in [0.25, 0.3) is 21.5 Å². The van der Waals surface area contributed by atoms with Crippen LogP contribution in [-0.2, 0) is 0 Å². The van der Waals surface area contributed by atoms with Crippen LogP contribution in [0.5, 0.6) is 0 Å². The predicted molar refractivity (Wildman–Crippen MR) is 89.2 cm³/mol. The molecule has 22 heavy (non-hydrogen) atoms. The largest absolute Gasteiger partial charge is 0.409 e. The molecule has 7 heteroatoms. The van der Waals surface area contributed by atoms with Crippen LogP contribution in [0, 0.1) is 13.8 Å². The van der Waals surface area contributed by atoms with Gasteiger partial charge in [-0.1, -0.05) is 28.9 Å². The van der Waals surface area contributed by atoms with Crippen LogP contribution in [0.15, 0.2) is 29.4 Å². The molecule has 0 radical (unpaired) electrons. The van der Waals surface area contributed by atoms with Crippen LogP contribution in [0.3, 0.4) is 0 Å². The molecule has 6 nitrogen and oxygen atoms in total. The summed E-state index contributed by atoms with van der Waals surface area (Å²) < 4.78 is 0. The van der Waals surface area contributed by atoms with Crippen LogP contribution in [0.1, 0.15) is 16.0 Å². The van der Waals surface area contributed by atoms with Crippen LogP contribution in [0.2, 0.25) is 0 Å². The van der Waals surface area contributed by atoms with Crippen molar-refractivity contribution in [1.82, 2.24) is 9.97 Å². The number of anilines is 1. The number of nitrogens with zero attached hydrogens (tertiary/aromatic N) is 3. The molecule has 0 unspecified atom stereocenters. The van der Waals surface area contributed by atoms with Gasteiger partial charge in [-0.2, -0.15) is 0 Å². The summed E-state index contributed by atoms with van der Waals surface area (Å²) in [6.07, 6.45) is 0. The normalized spacial score (nSPS) is 12.0. The first kappa shape index (κ1) is 14.3. The van der Waals surface area contributed by atoms with Crippen molar-refractivity contribution in [2.45, 2.75) is 13.8 Å². The number of amidine groups is 1. The topological polar surface area (TPSA) is 110 Å². The molecule has 2 aromatic heterocycles. The summed E-state index contributed by atoms with van der Waals surface area (Å²) in [5, 5.41) is 12.7. The number of fused-ring (bicyclic) bond motifs is 1. The summed E-state index contributed by atoms with van der Waals surface area (Å²) in [5.74, 6) is 0.253. The van der Waals surface area contributed by atoms with Crippen LogP contribution < -0.4 is 11.5 Å². The minimum atomic E-state index is 0.0492. The van der Waals surface area contributed by atoms with Gasteiger partial charge < -0.3 is 16.7 Å². The van der Waals surface area contributed by atoms with Crippen molar-refractivity contribution in [1.29, 1.82) is 0 Å². The Labute approximate surface area is 131 Å². The van der Waals surface area contributed by atoms with Gasteiger partial charge in [-0.15, -0.1) is 11.3 Å². The molecule has 0 spiro atoms. The lowest BCUT2D eigenvalue weighted by Crippen LogP contribution is -2.10. The number of aryl methyl sites for hydroxylation is 2. The summed E-state index contributed by atoms with van der Waals surface area (Å²) >= 11 is 1.32. The third-order valence-electron chi connectivity index (χ3n) is 3.41. The average Bonchev–Trinajstić information content (AvgIpc) is 2.89. The first-order valence-corrected chi connectivity index (χ1v) is 7.44. The van der Waals surface area contributed by atoms with Crippen LogP contribution in [0.4, 0.5) is 5.95 Å². The lowest BCUT2D eigenvalue weighted by Gasteiger charge is -2.08. The standard InChI is InChI=1S/C15H15N5OS/c1-7-3-4-9(8(2)5-7)12-10-6-11(13(16)20-21)22-14(10)19-15(17)18-12/h3-6,21H,1-2H3,(H2,16,20)(H2,17,18,19). The molecule has 0 saturated heterocycles. The highest BCUT2D eigenvalue weighted by molar-refractivity contribution is 7.20. The van der Waals surface area contributed by atoms with Crippen molar-refractivity contribution in [3.8, 4) is 11.3 Å². The maximum absolute atomic E-state index is 8.84. The molecule has 0 aliphatic rings. The van der Waals surface area contributed by atoms with Gasteiger partial charge in [0.2, 0.25) is 5.95 Å². The Bertz CT molecular complexity index is 900. The molecule has 0 saturated carbocycles. The number of hydrogen-bond donors (Lipinski definition) is 3. The summed E-state index contributed by atoms with van der Waals surface area (Å²) in [7, 11) is 0. The first-order valence-electron chi connectivity index (χ1n) is 6.62. The Kier molecular flexibility index (Phi) is 3.42. The van der Waals surface area contributed by atoms with Crippen molar-refractivity contribution in [3.05, 3.63) is 40.3 Å².